The van der Waals surface area contributed by atoms with E-state index in [0.717, 1.165) is 42.2 Å². The first-order valence-electron chi connectivity index (χ1n) is 10.2. The van der Waals surface area contributed by atoms with Crippen LogP contribution in [0.15, 0.2) is 53.5 Å². The number of halogens is 1. The number of benzene rings is 2. The van der Waals surface area contributed by atoms with Gasteiger partial charge in [0.05, 0.1) is 19.8 Å². The summed E-state index contributed by atoms with van der Waals surface area (Å²) in [4.78, 5) is 16.3. The van der Waals surface area contributed by atoms with Crippen LogP contribution in [0.25, 0.3) is 0 Å². The fraction of sp³-hybridized carbons (Fsp3) is 0.391. The van der Waals surface area contributed by atoms with Crippen LogP contribution in [0.4, 0.5) is 5.69 Å². The highest BCUT2D eigenvalue weighted by Crippen LogP contribution is 2.22. The molecule has 168 valence electrons. The molecule has 1 fully saturated rings. The largest absolute Gasteiger partial charge is 0.493 e. The second-order valence-corrected chi connectivity index (χ2v) is 7.35. The summed E-state index contributed by atoms with van der Waals surface area (Å²) < 4.78 is 11.5. The number of carbonyl (C=O) groups is 1. The van der Waals surface area contributed by atoms with Crippen LogP contribution >= 0.6 is 24.0 Å². The molecule has 0 saturated carbocycles. The number of anilines is 1. The number of hydrogen-bond donors (Lipinski definition) is 3. The molecule has 0 aromatic heterocycles. The van der Waals surface area contributed by atoms with Crippen molar-refractivity contribution in [2.45, 2.75) is 19.9 Å². The molecule has 7 nitrogen and oxygen atoms in total. The van der Waals surface area contributed by atoms with E-state index in [1.54, 1.807) is 7.05 Å². The monoisotopic (exact) mass is 538 g/mol. The molecule has 0 spiro atoms. The van der Waals surface area contributed by atoms with Gasteiger partial charge in [-0.3, -0.25) is 9.79 Å². The number of hydrogen-bond acceptors (Lipinski definition) is 4. The van der Waals surface area contributed by atoms with Crippen LogP contribution < -0.4 is 20.7 Å². The number of guanidine groups is 1. The van der Waals surface area contributed by atoms with E-state index in [0.29, 0.717) is 25.0 Å². The molecular weight excluding hydrogens is 507 g/mol. The Morgan fingerprint density at radius 1 is 1.19 bits per heavy atom. The van der Waals surface area contributed by atoms with Gasteiger partial charge < -0.3 is 25.4 Å². The van der Waals surface area contributed by atoms with E-state index < -0.39 is 0 Å². The lowest BCUT2D eigenvalue weighted by molar-refractivity contribution is -0.115. The first-order chi connectivity index (χ1) is 14.6. The Morgan fingerprint density at radius 3 is 2.71 bits per heavy atom. The molecule has 8 heteroatoms. The van der Waals surface area contributed by atoms with Crippen molar-refractivity contribution in [2.24, 2.45) is 10.9 Å². The molecule has 1 saturated heterocycles. The third kappa shape index (κ3) is 8.37. The fourth-order valence-electron chi connectivity index (χ4n) is 3.15. The molecule has 0 bridgehead atoms. The van der Waals surface area contributed by atoms with Crippen molar-refractivity contribution in [3.8, 4) is 5.75 Å². The molecular formula is C23H31IN4O3. The minimum atomic E-state index is -0.137. The summed E-state index contributed by atoms with van der Waals surface area (Å²) in [6.07, 6.45) is 1.04. The molecule has 31 heavy (non-hydrogen) atoms. The number of aliphatic imine (C=N–C) groups is 1. The Balaban J connectivity index is 0.00000341. The van der Waals surface area contributed by atoms with Crippen LogP contribution in [0.1, 0.15) is 17.5 Å². The average molecular weight is 538 g/mol. The van der Waals surface area contributed by atoms with Gasteiger partial charge in [-0.05, 0) is 37.1 Å². The molecule has 0 aliphatic carbocycles. The smallest absolute Gasteiger partial charge is 0.243 e. The molecule has 1 atom stereocenters. The molecule has 2 aromatic carbocycles. The van der Waals surface area contributed by atoms with Gasteiger partial charge in [0.25, 0.3) is 0 Å². The van der Waals surface area contributed by atoms with E-state index in [2.05, 4.69) is 46.1 Å². The van der Waals surface area contributed by atoms with Crippen LogP contribution in [0.5, 0.6) is 5.75 Å². The zero-order valence-electron chi connectivity index (χ0n) is 18.0. The molecule has 1 amide bonds. The van der Waals surface area contributed by atoms with Gasteiger partial charge in [-0.1, -0.05) is 30.3 Å². The average Bonchev–Trinajstić information content (AvgIpc) is 3.28. The third-order valence-corrected chi connectivity index (χ3v) is 4.87. The molecule has 2 aromatic rings. The summed E-state index contributed by atoms with van der Waals surface area (Å²) >= 11 is 0. The lowest BCUT2D eigenvalue weighted by atomic mass is 10.1. The second kappa shape index (κ2) is 13.2. The Labute approximate surface area is 201 Å². The minimum absolute atomic E-state index is 0. The number of nitrogens with zero attached hydrogens (tertiary/aromatic N) is 1. The number of nitrogens with one attached hydrogen (secondary N) is 3. The quantitative estimate of drug-likeness (QED) is 0.273. The first kappa shape index (κ1) is 24.9. The Bertz CT molecular complexity index is 855. The topological polar surface area (TPSA) is 84.0 Å². The van der Waals surface area contributed by atoms with Crippen molar-refractivity contribution in [3.63, 3.8) is 0 Å². The van der Waals surface area contributed by atoms with Crippen LogP contribution in [0, 0.1) is 12.8 Å². The van der Waals surface area contributed by atoms with Crippen LogP contribution in [-0.4, -0.2) is 45.3 Å². The maximum Gasteiger partial charge on any atom is 0.243 e. The molecule has 0 radical (unpaired) electrons. The standard InChI is InChI=1S/C23H30N4O3.HI/c1-17-8-9-19(21(12-17)30-16-18-10-11-29-15-18)13-25-23(24-2)26-14-22(28)27-20-6-4-3-5-7-20;/h3-9,12,18H,10-11,13-16H2,1-2H3,(H,27,28)(H2,24,25,26);1H. The summed E-state index contributed by atoms with van der Waals surface area (Å²) in [6, 6.07) is 15.5. The van der Waals surface area contributed by atoms with Crippen molar-refractivity contribution in [3.05, 3.63) is 59.7 Å². The lowest BCUT2D eigenvalue weighted by Gasteiger charge is -2.17. The lowest BCUT2D eigenvalue weighted by Crippen LogP contribution is -2.41. The van der Waals surface area contributed by atoms with Gasteiger partial charge in [0, 0.05) is 37.4 Å². The number of carbonyl (C=O) groups excluding carboxylic acids is 1. The molecule has 3 rings (SSSR count). The maximum absolute atomic E-state index is 12.1. The molecule has 1 aliphatic rings. The zero-order chi connectivity index (χ0) is 21.2. The van der Waals surface area contributed by atoms with Crippen molar-refractivity contribution < 1.29 is 14.3 Å². The number of para-hydroxylation sites is 1. The Hall–Kier alpha value is -2.33. The highest BCUT2D eigenvalue weighted by Gasteiger charge is 2.17. The van der Waals surface area contributed by atoms with Gasteiger partial charge in [0.1, 0.15) is 5.75 Å². The summed E-state index contributed by atoms with van der Waals surface area (Å²) in [7, 11) is 1.68. The van der Waals surface area contributed by atoms with Gasteiger partial charge in [0.15, 0.2) is 5.96 Å². The van der Waals surface area contributed by atoms with Crippen molar-refractivity contribution in [1.29, 1.82) is 0 Å². The van der Waals surface area contributed by atoms with Gasteiger partial charge >= 0.3 is 0 Å². The van der Waals surface area contributed by atoms with Crippen molar-refractivity contribution >= 4 is 41.5 Å². The number of aryl methyl sites for hydroxylation is 1. The van der Waals surface area contributed by atoms with Crippen molar-refractivity contribution in [2.75, 3.05) is 38.7 Å². The summed E-state index contributed by atoms with van der Waals surface area (Å²) in [6.45, 7) is 4.94. The van der Waals surface area contributed by atoms with Gasteiger partial charge in [-0.2, -0.15) is 0 Å². The summed E-state index contributed by atoms with van der Waals surface area (Å²) in [5.41, 5.74) is 2.95. The number of ether oxygens (including phenoxy) is 2. The number of amides is 1. The van der Waals surface area contributed by atoms with Crippen LogP contribution in [0.3, 0.4) is 0 Å². The Kier molecular flexibility index (Phi) is 10.6. The van der Waals surface area contributed by atoms with Gasteiger partial charge in [0.2, 0.25) is 5.91 Å². The van der Waals surface area contributed by atoms with Crippen LogP contribution in [0.2, 0.25) is 0 Å². The van der Waals surface area contributed by atoms with E-state index in [1.165, 1.54) is 0 Å². The molecule has 1 aliphatic heterocycles. The van der Waals surface area contributed by atoms with Crippen LogP contribution in [-0.2, 0) is 16.1 Å². The normalized spacial score (nSPS) is 15.7. The zero-order valence-corrected chi connectivity index (χ0v) is 20.3. The first-order valence-corrected chi connectivity index (χ1v) is 10.2. The number of rotatable bonds is 8. The van der Waals surface area contributed by atoms with Gasteiger partial charge in [-0.25, -0.2) is 0 Å². The summed E-state index contributed by atoms with van der Waals surface area (Å²) in [5, 5.41) is 9.12. The molecule has 1 unspecified atom stereocenters. The maximum atomic E-state index is 12.1. The predicted molar refractivity (Wildman–Crippen MR) is 134 cm³/mol. The third-order valence-electron chi connectivity index (χ3n) is 4.87. The van der Waals surface area contributed by atoms with E-state index in [4.69, 9.17) is 9.47 Å². The highest BCUT2D eigenvalue weighted by molar-refractivity contribution is 14.0. The highest BCUT2D eigenvalue weighted by atomic mass is 127. The minimum Gasteiger partial charge on any atom is -0.493 e. The van der Waals surface area contributed by atoms with Crippen molar-refractivity contribution in [1.82, 2.24) is 10.6 Å². The Morgan fingerprint density at radius 2 is 2.00 bits per heavy atom. The fourth-order valence-corrected chi connectivity index (χ4v) is 3.15. The predicted octanol–water partition coefficient (Wildman–Crippen LogP) is 3.33. The molecule has 3 N–H and O–H groups in total. The molecule has 1 heterocycles. The van der Waals surface area contributed by atoms with E-state index in [1.807, 2.05) is 30.3 Å². The second-order valence-electron chi connectivity index (χ2n) is 7.35. The van der Waals surface area contributed by atoms with Gasteiger partial charge in [-0.15, -0.1) is 24.0 Å². The van der Waals surface area contributed by atoms with E-state index in [-0.39, 0.29) is 36.4 Å². The van der Waals surface area contributed by atoms with E-state index in [9.17, 15) is 4.79 Å². The summed E-state index contributed by atoms with van der Waals surface area (Å²) in [5.74, 6) is 1.73. The van der Waals surface area contributed by atoms with E-state index >= 15 is 0 Å². The SMILES string of the molecule is CN=C(NCC(=O)Nc1ccccc1)NCc1ccc(C)cc1OCC1CCOC1.I.